The number of anilines is 2. The minimum atomic E-state index is -0.00468. The van der Waals surface area contributed by atoms with Crippen LogP contribution < -0.4 is 11.1 Å². The average molecular weight is 241 g/mol. The van der Waals surface area contributed by atoms with Crippen LogP contribution in [0, 0.1) is 18.3 Å². The van der Waals surface area contributed by atoms with Crippen molar-refractivity contribution in [1.82, 2.24) is 0 Å². The van der Waals surface area contributed by atoms with Crippen molar-refractivity contribution in [1.29, 1.82) is 5.26 Å². The molecular weight excluding hydrogens is 226 g/mol. The molecule has 1 aromatic heterocycles. The van der Waals surface area contributed by atoms with Crippen LogP contribution in [0.5, 0.6) is 0 Å². The molecule has 3 N–H and O–H groups in total. The van der Waals surface area contributed by atoms with E-state index in [1.165, 1.54) is 0 Å². The summed E-state index contributed by atoms with van der Waals surface area (Å²) >= 11 is 0. The van der Waals surface area contributed by atoms with E-state index < -0.39 is 0 Å². The van der Waals surface area contributed by atoms with Crippen LogP contribution in [0.15, 0.2) is 34.7 Å². The van der Waals surface area contributed by atoms with Crippen molar-refractivity contribution in [2.45, 2.75) is 19.9 Å². The molecule has 2 rings (SSSR count). The lowest BCUT2D eigenvalue weighted by Crippen LogP contribution is -2.07. The Balaban J connectivity index is 2.21. The predicted octanol–water partition coefficient (Wildman–Crippen LogP) is 3.22. The molecule has 0 aliphatic heterocycles. The van der Waals surface area contributed by atoms with Gasteiger partial charge in [0.25, 0.3) is 0 Å². The zero-order valence-electron chi connectivity index (χ0n) is 10.4. The van der Waals surface area contributed by atoms with Gasteiger partial charge in [-0.25, -0.2) is 0 Å². The SMILES string of the molecule is Cc1ccc(C(C)Nc2cc(C#N)ccc2N)o1. The molecule has 0 saturated carbocycles. The molecule has 0 spiro atoms. The fourth-order valence-corrected chi connectivity index (χ4v) is 1.74. The van der Waals surface area contributed by atoms with Crippen LogP contribution in [-0.2, 0) is 0 Å². The highest BCUT2D eigenvalue weighted by atomic mass is 16.3. The minimum Gasteiger partial charge on any atom is -0.464 e. The number of benzene rings is 1. The zero-order valence-corrected chi connectivity index (χ0v) is 10.4. The van der Waals surface area contributed by atoms with Crippen molar-refractivity contribution in [3.05, 3.63) is 47.4 Å². The van der Waals surface area contributed by atoms with Crippen LogP contribution in [0.25, 0.3) is 0 Å². The third kappa shape index (κ3) is 2.46. The summed E-state index contributed by atoms with van der Waals surface area (Å²) in [5.41, 5.74) is 7.81. The Morgan fingerprint density at radius 3 is 2.72 bits per heavy atom. The van der Waals surface area contributed by atoms with Crippen molar-refractivity contribution < 1.29 is 4.42 Å². The van der Waals surface area contributed by atoms with Crippen LogP contribution in [-0.4, -0.2) is 0 Å². The van der Waals surface area contributed by atoms with Crippen LogP contribution in [0.3, 0.4) is 0 Å². The Kier molecular flexibility index (Phi) is 3.24. The highest BCUT2D eigenvalue weighted by Gasteiger charge is 2.11. The number of furan rings is 1. The van der Waals surface area contributed by atoms with Crippen LogP contribution in [0.1, 0.15) is 30.0 Å². The van der Waals surface area contributed by atoms with E-state index in [9.17, 15) is 0 Å². The lowest BCUT2D eigenvalue weighted by Gasteiger charge is -2.15. The number of rotatable bonds is 3. The normalized spacial score (nSPS) is 11.8. The summed E-state index contributed by atoms with van der Waals surface area (Å²) < 4.78 is 5.55. The number of nitrogens with zero attached hydrogens (tertiary/aromatic N) is 1. The third-order valence-electron chi connectivity index (χ3n) is 2.74. The Labute approximate surface area is 106 Å². The van der Waals surface area contributed by atoms with Gasteiger partial charge in [-0.3, -0.25) is 0 Å². The van der Waals surface area contributed by atoms with E-state index in [0.29, 0.717) is 11.3 Å². The van der Waals surface area contributed by atoms with Crippen molar-refractivity contribution in [2.24, 2.45) is 0 Å². The molecule has 4 nitrogen and oxygen atoms in total. The van der Waals surface area contributed by atoms with Crippen molar-refractivity contribution in [3.8, 4) is 6.07 Å². The third-order valence-corrected chi connectivity index (χ3v) is 2.74. The summed E-state index contributed by atoms with van der Waals surface area (Å²) in [7, 11) is 0. The first-order chi connectivity index (χ1) is 8.60. The average Bonchev–Trinajstić information content (AvgIpc) is 2.79. The van der Waals surface area contributed by atoms with Gasteiger partial charge in [-0.05, 0) is 44.2 Å². The van der Waals surface area contributed by atoms with E-state index in [-0.39, 0.29) is 6.04 Å². The summed E-state index contributed by atoms with van der Waals surface area (Å²) in [6.07, 6.45) is 0. The molecule has 1 atom stereocenters. The Morgan fingerprint density at radius 2 is 2.11 bits per heavy atom. The number of nitriles is 1. The fourth-order valence-electron chi connectivity index (χ4n) is 1.74. The quantitative estimate of drug-likeness (QED) is 0.809. The van der Waals surface area contributed by atoms with Gasteiger partial charge in [0.15, 0.2) is 0 Å². The smallest absolute Gasteiger partial charge is 0.126 e. The molecule has 0 amide bonds. The van der Waals surface area contributed by atoms with Crippen LogP contribution in [0.2, 0.25) is 0 Å². The Hall–Kier alpha value is -2.41. The highest BCUT2D eigenvalue weighted by molar-refractivity contribution is 5.68. The van der Waals surface area contributed by atoms with Crippen LogP contribution in [0.4, 0.5) is 11.4 Å². The van der Waals surface area contributed by atoms with Gasteiger partial charge in [0.05, 0.1) is 29.0 Å². The topological polar surface area (TPSA) is 75.0 Å². The molecule has 0 aliphatic rings. The summed E-state index contributed by atoms with van der Waals surface area (Å²) in [6, 6.07) is 11.1. The molecule has 0 aliphatic carbocycles. The largest absolute Gasteiger partial charge is 0.464 e. The van der Waals surface area contributed by atoms with Gasteiger partial charge in [-0.15, -0.1) is 0 Å². The van der Waals surface area contributed by atoms with Gasteiger partial charge >= 0.3 is 0 Å². The summed E-state index contributed by atoms with van der Waals surface area (Å²) in [6.45, 7) is 3.89. The number of nitrogens with one attached hydrogen (secondary N) is 1. The molecule has 0 bridgehead atoms. The standard InChI is InChI=1S/C14H15N3O/c1-9-3-6-14(18-9)10(2)17-13-7-11(8-15)4-5-12(13)16/h3-7,10,17H,16H2,1-2H3. The highest BCUT2D eigenvalue weighted by Crippen LogP contribution is 2.26. The summed E-state index contributed by atoms with van der Waals surface area (Å²) in [5, 5.41) is 12.1. The second-order valence-electron chi connectivity index (χ2n) is 4.23. The lowest BCUT2D eigenvalue weighted by molar-refractivity contribution is 0.467. The number of nitrogens with two attached hydrogens (primary N) is 1. The first kappa shape index (κ1) is 12.1. The Morgan fingerprint density at radius 1 is 1.33 bits per heavy atom. The number of hydrogen-bond donors (Lipinski definition) is 2. The monoisotopic (exact) mass is 241 g/mol. The number of aryl methyl sites for hydroxylation is 1. The Bertz CT molecular complexity index is 595. The number of hydrogen-bond acceptors (Lipinski definition) is 4. The molecular formula is C14H15N3O. The van der Waals surface area contributed by atoms with Crippen molar-refractivity contribution in [3.63, 3.8) is 0 Å². The van der Waals surface area contributed by atoms with E-state index >= 15 is 0 Å². The first-order valence-corrected chi connectivity index (χ1v) is 5.72. The summed E-state index contributed by atoms with van der Waals surface area (Å²) in [5.74, 6) is 1.71. The maximum absolute atomic E-state index is 8.87. The number of nitrogen functional groups attached to an aromatic ring is 1. The van der Waals surface area contributed by atoms with Gasteiger partial charge in [0.1, 0.15) is 11.5 Å². The maximum atomic E-state index is 8.87. The first-order valence-electron chi connectivity index (χ1n) is 5.72. The van der Waals surface area contributed by atoms with Gasteiger partial charge < -0.3 is 15.5 Å². The molecule has 0 radical (unpaired) electrons. The molecule has 2 aromatic rings. The van der Waals surface area contributed by atoms with E-state index in [4.69, 9.17) is 15.4 Å². The van der Waals surface area contributed by atoms with Crippen LogP contribution >= 0.6 is 0 Å². The molecule has 4 heteroatoms. The van der Waals surface area contributed by atoms with Crippen molar-refractivity contribution >= 4 is 11.4 Å². The summed E-state index contributed by atoms with van der Waals surface area (Å²) in [4.78, 5) is 0. The predicted molar refractivity (Wildman–Crippen MR) is 71.1 cm³/mol. The molecule has 1 heterocycles. The second kappa shape index (κ2) is 4.84. The van der Waals surface area contributed by atoms with E-state index in [0.717, 1.165) is 17.2 Å². The van der Waals surface area contributed by atoms with E-state index in [1.54, 1.807) is 18.2 Å². The second-order valence-corrected chi connectivity index (χ2v) is 4.23. The van der Waals surface area contributed by atoms with Gasteiger partial charge in [0, 0.05) is 0 Å². The van der Waals surface area contributed by atoms with E-state index in [1.807, 2.05) is 26.0 Å². The van der Waals surface area contributed by atoms with Gasteiger partial charge in [-0.2, -0.15) is 5.26 Å². The molecule has 0 saturated heterocycles. The fraction of sp³-hybridized carbons (Fsp3) is 0.214. The lowest BCUT2D eigenvalue weighted by atomic mass is 10.1. The minimum absolute atomic E-state index is 0.00468. The van der Waals surface area contributed by atoms with E-state index in [2.05, 4.69) is 11.4 Å². The van der Waals surface area contributed by atoms with Crippen molar-refractivity contribution in [2.75, 3.05) is 11.1 Å². The molecule has 1 aromatic carbocycles. The van der Waals surface area contributed by atoms with Gasteiger partial charge in [-0.1, -0.05) is 0 Å². The molecule has 18 heavy (non-hydrogen) atoms. The molecule has 0 fully saturated rings. The molecule has 92 valence electrons. The maximum Gasteiger partial charge on any atom is 0.126 e. The zero-order chi connectivity index (χ0) is 13.1. The van der Waals surface area contributed by atoms with Gasteiger partial charge in [0.2, 0.25) is 0 Å². The molecule has 1 unspecified atom stereocenters.